The van der Waals surface area contributed by atoms with E-state index in [2.05, 4.69) is 40.9 Å². The Kier molecular flexibility index (Phi) is 8.31. The second kappa shape index (κ2) is 11.4. The van der Waals surface area contributed by atoms with Gasteiger partial charge in [0, 0.05) is 42.6 Å². The Bertz CT molecular complexity index is 893. The summed E-state index contributed by atoms with van der Waals surface area (Å²) in [6.45, 7) is 13.1. The van der Waals surface area contributed by atoms with Gasteiger partial charge in [0.2, 0.25) is 0 Å². The topological polar surface area (TPSA) is 60.6 Å². The van der Waals surface area contributed by atoms with E-state index in [0.717, 1.165) is 49.1 Å². The summed E-state index contributed by atoms with van der Waals surface area (Å²) >= 11 is 0. The second-order valence-corrected chi connectivity index (χ2v) is 10.5. The summed E-state index contributed by atoms with van der Waals surface area (Å²) in [4.78, 5) is 21.5. The number of likely N-dealkylation sites (tertiary alicyclic amines) is 2. The Balaban J connectivity index is 1.27. The lowest BCUT2D eigenvalue weighted by Crippen LogP contribution is -2.49. The van der Waals surface area contributed by atoms with Gasteiger partial charge in [-0.3, -0.25) is 9.69 Å². The lowest BCUT2D eigenvalue weighted by molar-refractivity contribution is 0.0887. The predicted molar refractivity (Wildman–Crippen MR) is 135 cm³/mol. The zero-order valence-corrected chi connectivity index (χ0v) is 20.7. The fourth-order valence-corrected chi connectivity index (χ4v) is 5.18. The van der Waals surface area contributed by atoms with Crippen molar-refractivity contribution < 1.29 is 9.53 Å². The third-order valence-electron chi connectivity index (χ3n) is 7.15. The number of fused-ring (bicyclic) bond motifs is 1. The van der Waals surface area contributed by atoms with Gasteiger partial charge in [-0.1, -0.05) is 32.8 Å². The maximum absolute atomic E-state index is 13.0. The number of H-pyrrole nitrogens is 1. The molecule has 2 aromatic rings. The van der Waals surface area contributed by atoms with Crippen molar-refractivity contribution in [3.8, 4) is 5.75 Å². The van der Waals surface area contributed by atoms with Crippen molar-refractivity contribution in [2.24, 2.45) is 5.92 Å². The first-order valence-corrected chi connectivity index (χ1v) is 13.0. The third kappa shape index (κ3) is 6.51. The van der Waals surface area contributed by atoms with Crippen molar-refractivity contribution in [2.45, 2.75) is 71.4 Å². The first kappa shape index (κ1) is 24.1. The smallest absolute Gasteiger partial charge is 0.267 e. The van der Waals surface area contributed by atoms with Crippen molar-refractivity contribution in [3.63, 3.8) is 0 Å². The largest absolute Gasteiger partial charge is 0.493 e. The quantitative estimate of drug-likeness (QED) is 0.609. The number of amides is 1. The van der Waals surface area contributed by atoms with Gasteiger partial charge in [-0.05, 0) is 69.8 Å². The fourth-order valence-electron chi connectivity index (χ4n) is 5.18. The van der Waals surface area contributed by atoms with E-state index in [1.54, 1.807) is 0 Å². The van der Waals surface area contributed by atoms with E-state index in [-0.39, 0.29) is 11.9 Å². The van der Waals surface area contributed by atoms with Crippen molar-refractivity contribution in [3.05, 3.63) is 30.0 Å². The number of piperidine rings is 1. The van der Waals surface area contributed by atoms with E-state index in [1.165, 1.54) is 38.8 Å². The average molecular weight is 455 g/mol. The maximum Gasteiger partial charge on any atom is 0.267 e. The molecule has 3 heterocycles. The van der Waals surface area contributed by atoms with Crippen molar-refractivity contribution in [2.75, 3.05) is 39.3 Å². The molecule has 2 N–H and O–H groups in total. The number of hydrogen-bond donors (Lipinski definition) is 2. The molecule has 0 unspecified atom stereocenters. The molecule has 2 fully saturated rings. The average Bonchev–Trinajstić information content (AvgIpc) is 3.06. The number of carbonyl (C=O) groups is 1. The summed E-state index contributed by atoms with van der Waals surface area (Å²) in [5.41, 5.74) is 1.56. The van der Waals surface area contributed by atoms with Crippen LogP contribution in [0.5, 0.6) is 5.75 Å². The molecular weight excluding hydrogens is 412 g/mol. The van der Waals surface area contributed by atoms with Gasteiger partial charge in [0.15, 0.2) is 0 Å². The molecule has 4 rings (SSSR count). The standard InChI is InChI=1S/C27H42N4O2/c1-20(2)19-33-26-10-8-9-24-23(26)17-25(29-24)27(32)28-22-11-15-30(16-12-22)18-21(3)31-13-6-4-5-7-14-31/h8-10,17,20-22,29H,4-7,11-16,18-19H2,1-3H3,(H,28,32)/t21-/m1/s1. The van der Waals surface area contributed by atoms with Gasteiger partial charge in [-0.15, -0.1) is 0 Å². The minimum absolute atomic E-state index is 0.0163. The van der Waals surface area contributed by atoms with Gasteiger partial charge < -0.3 is 19.9 Å². The Morgan fingerprint density at radius 3 is 2.52 bits per heavy atom. The normalized spacial score (nSPS) is 20.1. The molecule has 2 saturated heterocycles. The maximum atomic E-state index is 13.0. The number of ether oxygens (including phenoxy) is 1. The molecule has 6 nitrogen and oxygen atoms in total. The summed E-state index contributed by atoms with van der Waals surface area (Å²) in [6, 6.07) is 8.73. The van der Waals surface area contributed by atoms with Crippen molar-refractivity contribution >= 4 is 16.8 Å². The number of nitrogens with one attached hydrogen (secondary N) is 2. The molecule has 2 aliphatic heterocycles. The molecule has 6 heteroatoms. The van der Waals surface area contributed by atoms with Crippen LogP contribution in [0.1, 0.15) is 69.8 Å². The molecule has 0 saturated carbocycles. The van der Waals surface area contributed by atoms with Gasteiger partial charge in [-0.2, -0.15) is 0 Å². The minimum atomic E-state index is -0.0163. The van der Waals surface area contributed by atoms with Crippen molar-refractivity contribution in [1.82, 2.24) is 20.1 Å². The highest BCUT2D eigenvalue weighted by atomic mass is 16.5. The third-order valence-corrected chi connectivity index (χ3v) is 7.15. The second-order valence-electron chi connectivity index (χ2n) is 10.5. The van der Waals surface area contributed by atoms with Crippen LogP contribution in [-0.2, 0) is 0 Å². The van der Waals surface area contributed by atoms with Gasteiger partial charge in [0.1, 0.15) is 11.4 Å². The molecule has 0 radical (unpaired) electrons. The van der Waals surface area contributed by atoms with Gasteiger partial charge in [0.25, 0.3) is 5.91 Å². The molecule has 33 heavy (non-hydrogen) atoms. The highest BCUT2D eigenvalue weighted by Gasteiger charge is 2.25. The van der Waals surface area contributed by atoms with Crippen LogP contribution in [0.3, 0.4) is 0 Å². The molecule has 1 amide bonds. The Morgan fingerprint density at radius 2 is 1.82 bits per heavy atom. The lowest BCUT2D eigenvalue weighted by Gasteiger charge is -2.37. The zero-order chi connectivity index (χ0) is 23.2. The number of hydrogen-bond acceptors (Lipinski definition) is 4. The number of carbonyl (C=O) groups excluding carboxylic acids is 1. The van der Waals surface area contributed by atoms with Crippen LogP contribution in [-0.4, -0.2) is 72.1 Å². The lowest BCUT2D eigenvalue weighted by atomic mass is 10.0. The number of nitrogens with zero attached hydrogens (tertiary/aromatic N) is 2. The van der Waals surface area contributed by atoms with Crippen LogP contribution >= 0.6 is 0 Å². The van der Waals surface area contributed by atoms with Gasteiger partial charge in [-0.25, -0.2) is 0 Å². The first-order valence-electron chi connectivity index (χ1n) is 13.0. The number of rotatable bonds is 8. The van der Waals surface area contributed by atoms with Crippen molar-refractivity contribution in [1.29, 1.82) is 0 Å². The van der Waals surface area contributed by atoms with E-state index < -0.39 is 0 Å². The first-order chi connectivity index (χ1) is 16.0. The summed E-state index contributed by atoms with van der Waals surface area (Å²) in [5.74, 6) is 1.28. The molecule has 1 aromatic heterocycles. The molecule has 1 aromatic carbocycles. The van der Waals surface area contributed by atoms with Gasteiger partial charge in [0.05, 0.1) is 6.61 Å². The van der Waals surface area contributed by atoms with Gasteiger partial charge >= 0.3 is 0 Å². The SMILES string of the molecule is CC(C)COc1cccc2[nH]c(C(=O)NC3CCN(C[C@@H](C)N4CCCCCC4)CC3)cc12. The Labute approximate surface area is 199 Å². The summed E-state index contributed by atoms with van der Waals surface area (Å²) < 4.78 is 5.96. The number of benzene rings is 1. The Hall–Kier alpha value is -2.05. The fraction of sp³-hybridized carbons (Fsp3) is 0.667. The van der Waals surface area contributed by atoms with E-state index >= 15 is 0 Å². The monoisotopic (exact) mass is 454 g/mol. The summed E-state index contributed by atoms with van der Waals surface area (Å²) in [7, 11) is 0. The number of aromatic amines is 1. The molecule has 182 valence electrons. The molecule has 0 bridgehead atoms. The Morgan fingerprint density at radius 1 is 1.09 bits per heavy atom. The summed E-state index contributed by atoms with van der Waals surface area (Å²) in [6.07, 6.45) is 7.49. The molecular formula is C27H42N4O2. The zero-order valence-electron chi connectivity index (χ0n) is 20.7. The highest BCUT2D eigenvalue weighted by molar-refractivity contribution is 5.99. The van der Waals surface area contributed by atoms with E-state index in [1.807, 2.05) is 24.3 Å². The van der Waals surface area contributed by atoms with E-state index in [9.17, 15) is 4.79 Å². The van der Waals surface area contributed by atoms with Crippen LogP contribution in [0, 0.1) is 5.92 Å². The highest BCUT2D eigenvalue weighted by Crippen LogP contribution is 2.27. The predicted octanol–water partition coefficient (Wildman–Crippen LogP) is 4.66. The van der Waals surface area contributed by atoms with Crippen LogP contribution in [0.4, 0.5) is 0 Å². The molecule has 2 aliphatic rings. The van der Waals surface area contributed by atoms with Crippen LogP contribution in [0.2, 0.25) is 0 Å². The summed E-state index contributed by atoms with van der Waals surface area (Å²) in [5, 5.41) is 4.24. The van der Waals surface area contributed by atoms with Crippen LogP contribution in [0.15, 0.2) is 24.3 Å². The van der Waals surface area contributed by atoms with E-state index in [4.69, 9.17) is 4.74 Å². The molecule has 0 aliphatic carbocycles. The molecule has 0 spiro atoms. The van der Waals surface area contributed by atoms with Crippen LogP contribution in [0.25, 0.3) is 10.9 Å². The van der Waals surface area contributed by atoms with E-state index in [0.29, 0.717) is 24.3 Å². The van der Waals surface area contributed by atoms with Crippen LogP contribution < -0.4 is 10.1 Å². The molecule has 1 atom stereocenters. The number of aromatic nitrogens is 1. The minimum Gasteiger partial charge on any atom is -0.493 e.